The second-order valence-corrected chi connectivity index (χ2v) is 8.75. The van der Waals surface area contributed by atoms with Crippen LogP contribution in [-0.4, -0.2) is 17.5 Å². The SMILES string of the molecule is CCc1ccc2oc(-c3cccc(NC(=O)COc4c(Cl)c(C)c(Cl)c(C)c4Cl)c3)nc2c1. The van der Waals surface area contributed by atoms with Gasteiger partial charge in [-0.2, -0.15) is 0 Å². The van der Waals surface area contributed by atoms with Crippen molar-refractivity contribution in [1.29, 1.82) is 0 Å². The van der Waals surface area contributed by atoms with Crippen molar-refractivity contribution in [2.24, 2.45) is 0 Å². The number of amides is 1. The molecule has 0 saturated carbocycles. The first-order valence-electron chi connectivity index (χ1n) is 10.3. The summed E-state index contributed by atoms with van der Waals surface area (Å²) >= 11 is 18.9. The Morgan fingerprint density at radius 2 is 1.76 bits per heavy atom. The summed E-state index contributed by atoms with van der Waals surface area (Å²) in [5, 5.41) is 3.85. The lowest BCUT2D eigenvalue weighted by Gasteiger charge is -2.15. The number of aromatic nitrogens is 1. The molecule has 5 nitrogen and oxygen atoms in total. The minimum Gasteiger partial charge on any atom is -0.481 e. The molecule has 3 aromatic carbocycles. The van der Waals surface area contributed by atoms with E-state index >= 15 is 0 Å². The van der Waals surface area contributed by atoms with Crippen molar-refractivity contribution in [3.8, 4) is 17.2 Å². The second-order valence-electron chi connectivity index (χ2n) is 7.61. The van der Waals surface area contributed by atoms with Gasteiger partial charge in [0.2, 0.25) is 5.89 Å². The highest BCUT2D eigenvalue weighted by atomic mass is 35.5. The molecule has 0 bridgehead atoms. The summed E-state index contributed by atoms with van der Waals surface area (Å²) in [4.78, 5) is 17.1. The first-order chi connectivity index (χ1) is 15.8. The van der Waals surface area contributed by atoms with Crippen molar-refractivity contribution in [1.82, 2.24) is 4.98 Å². The summed E-state index contributed by atoms with van der Waals surface area (Å²) in [7, 11) is 0. The molecular weight excluding hydrogens is 483 g/mol. The molecule has 1 N–H and O–H groups in total. The van der Waals surface area contributed by atoms with E-state index in [9.17, 15) is 4.79 Å². The third kappa shape index (κ3) is 4.81. The van der Waals surface area contributed by atoms with Gasteiger partial charge >= 0.3 is 0 Å². The first kappa shape index (κ1) is 23.4. The molecule has 1 amide bonds. The molecule has 0 radical (unpaired) electrons. The molecule has 170 valence electrons. The van der Waals surface area contributed by atoms with E-state index in [1.54, 1.807) is 26.0 Å². The number of nitrogens with zero attached hydrogens (tertiary/aromatic N) is 1. The maximum absolute atomic E-state index is 12.5. The second kappa shape index (κ2) is 9.64. The van der Waals surface area contributed by atoms with Crippen molar-refractivity contribution < 1.29 is 13.9 Å². The molecule has 0 aliphatic carbocycles. The van der Waals surface area contributed by atoms with E-state index in [-0.39, 0.29) is 28.3 Å². The fourth-order valence-corrected chi connectivity index (χ4v) is 4.24. The summed E-state index contributed by atoms with van der Waals surface area (Å²) in [6.07, 6.45) is 0.924. The quantitative estimate of drug-likeness (QED) is 0.293. The number of halogens is 3. The van der Waals surface area contributed by atoms with Gasteiger partial charge in [0.25, 0.3) is 5.91 Å². The number of ether oxygens (including phenoxy) is 1. The van der Waals surface area contributed by atoms with Crippen LogP contribution in [-0.2, 0) is 11.2 Å². The summed E-state index contributed by atoms with van der Waals surface area (Å²) in [6.45, 7) is 5.35. The number of rotatable bonds is 6. The van der Waals surface area contributed by atoms with Crippen LogP contribution in [0.2, 0.25) is 15.1 Å². The lowest BCUT2D eigenvalue weighted by atomic mass is 10.1. The van der Waals surface area contributed by atoms with Crippen LogP contribution in [0.25, 0.3) is 22.6 Å². The maximum Gasteiger partial charge on any atom is 0.262 e. The Labute approximate surface area is 206 Å². The molecule has 33 heavy (non-hydrogen) atoms. The van der Waals surface area contributed by atoms with Gasteiger partial charge in [0.1, 0.15) is 5.52 Å². The number of oxazole rings is 1. The number of carbonyl (C=O) groups is 1. The lowest BCUT2D eigenvalue weighted by molar-refractivity contribution is -0.118. The van der Waals surface area contributed by atoms with E-state index in [2.05, 4.69) is 17.2 Å². The molecule has 0 atom stereocenters. The molecule has 0 saturated heterocycles. The van der Waals surface area contributed by atoms with E-state index in [0.29, 0.717) is 33.3 Å². The van der Waals surface area contributed by atoms with Crippen LogP contribution in [0.1, 0.15) is 23.6 Å². The summed E-state index contributed by atoms with van der Waals surface area (Å²) in [5.41, 5.74) is 5.33. The molecule has 0 spiro atoms. The van der Waals surface area contributed by atoms with Gasteiger partial charge in [-0.05, 0) is 67.3 Å². The number of benzene rings is 3. The van der Waals surface area contributed by atoms with E-state index < -0.39 is 0 Å². The van der Waals surface area contributed by atoms with Crippen LogP contribution >= 0.6 is 34.8 Å². The Morgan fingerprint density at radius 1 is 1.03 bits per heavy atom. The van der Waals surface area contributed by atoms with E-state index in [4.69, 9.17) is 44.0 Å². The number of hydrogen-bond acceptors (Lipinski definition) is 4. The van der Waals surface area contributed by atoms with Gasteiger partial charge in [-0.25, -0.2) is 4.98 Å². The largest absolute Gasteiger partial charge is 0.481 e. The standard InChI is InChI=1S/C25H21Cl3N2O3/c1-4-15-8-9-19-18(10-15)30-25(33-19)16-6-5-7-17(11-16)29-20(31)12-32-24-22(27)13(2)21(26)14(3)23(24)28/h5-11H,4,12H2,1-3H3,(H,29,31). The highest BCUT2D eigenvalue weighted by molar-refractivity contribution is 6.42. The topological polar surface area (TPSA) is 64.4 Å². The molecule has 0 aliphatic rings. The van der Waals surface area contributed by atoms with Gasteiger partial charge in [0, 0.05) is 16.3 Å². The Morgan fingerprint density at radius 3 is 2.45 bits per heavy atom. The molecule has 0 aliphatic heterocycles. The predicted molar refractivity (Wildman–Crippen MR) is 134 cm³/mol. The average molecular weight is 504 g/mol. The zero-order valence-electron chi connectivity index (χ0n) is 18.3. The number of anilines is 1. The Balaban J connectivity index is 1.49. The van der Waals surface area contributed by atoms with Gasteiger partial charge in [-0.15, -0.1) is 0 Å². The molecule has 0 fully saturated rings. The number of carbonyl (C=O) groups excluding carboxylic acids is 1. The first-order valence-corrected chi connectivity index (χ1v) is 11.5. The smallest absolute Gasteiger partial charge is 0.262 e. The maximum atomic E-state index is 12.5. The lowest BCUT2D eigenvalue weighted by Crippen LogP contribution is -2.20. The number of nitrogens with one attached hydrogen (secondary N) is 1. The van der Waals surface area contributed by atoms with E-state index in [0.717, 1.165) is 17.5 Å². The zero-order chi connectivity index (χ0) is 23.7. The van der Waals surface area contributed by atoms with E-state index in [1.165, 1.54) is 5.56 Å². The van der Waals surface area contributed by atoms with Crippen molar-refractivity contribution in [3.63, 3.8) is 0 Å². The zero-order valence-corrected chi connectivity index (χ0v) is 20.5. The molecule has 1 heterocycles. The molecule has 4 aromatic rings. The average Bonchev–Trinajstić information content (AvgIpc) is 3.25. The van der Waals surface area contributed by atoms with Crippen LogP contribution in [0, 0.1) is 13.8 Å². The number of hydrogen-bond donors (Lipinski definition) is 1. The fraction of sp³-hybridized carbons (Fsp3) is 0.200. The predicted octanol–water partition coefficient (Wildman–Crippen LogP) is 7.65. The molecule has 1 aromatic heterocycles. The third-order valence-corrected chi connectivity index (χ3v) is 6.79. The van der Waals surface area contributed by atoms with Crippen LogP contribution in [0.3, 0.4) is 0 Å². The van der Waals surface area contributed by atoms with Crippen LogP contribution < -0.4 is 10.1 Å². The molecule has 4 rings (SSSR count). The summed E-state index contributed by atoms with van der Waals surface area (Å²) in [6, 6.07) is 13.2. The van der Waals surface area contributed by atoms with Crippen LogP contribution in [0.5, 0.6) is 5.75 Å². The Kier molecular flexibility index (Phi) is 6.84. The van der Waals surface area contributed by atoms with Crippen molar-refractivity contribution in [2.75, 3.05) is 11.9 Å². The van der Waals surface area contributed by atoms with Crippen molar-refractivity contribution in [3.05, 3.63) is 74.2 Å². The molecular formula is C25H21Cl3N2O3. The minimum absolute atomic E-state index is 0.236. The van der Waals surface area contributed by atoms with Gasteiger partial charge in [0.15, 0.2) is 17.9 Å². The Bertz CT molecular complexity index is 1340. The third-order valence-electron chi connectivity index (χ3n) is 5.32. The van der Waals surface area contributed by atoms with Gasteiger partial charge in [-0.1, -0.05) is 53.9 Å². The minimum atomic E-state index is -0.366. The monoisotopic (exact) mass is 502 g/mol. The Hall–Kier alpha value is -2.73. The number of aryl methyl sites for hydroxylation is 1. The highest BCUT2D eigenvalue weighted by Crippen LogP contribution is 2.42. The number of fused-ring (bicyclic) bond motifs is 1. The van der Waals surface area contributed by atoms with Gasteiger partial charge in [-0.3, -0.25) is 4.79 Å². The molecule has 8 heteroatoms. The molecule has 0 unspecified atom stereocenters. The summed E-state index contributed by atoms with van der Waals surface area (Å²) < 4.78 is 11.5. The van der Waals surface area contributed by atoms with Crippen molar-refractivity contribution in [2.45, 2.75) is 27.2 Å². The highest BCUT2D eigenvalue weighted by Gasteiger charge is 2.19. The van der Waals surface area contributed by atoms with Crippen LogP contribution in [0.4, 0.5) is 5.69 Å². The van der Waals surface area contributed by atoms with Crippen molar-refractivity contribution >= 4 is 57.5 Å². The summed E-state index contributed by atoms with van der Waals surface area (Å²) in [5.74, 6) is 0.352. The van der Waals surface area contributed by atoms with Gasteiger partial charge in [0.05, 0.1) is 10.0 Å². The fourth-order valence-electron chi connectivity index (χ4n) is 3.42. The van der Waals surface area contributed by atoms with Gasteiger partial charge < -0.3 is 14.5 Å². The normalized spacial score (nSPS) is 11.1. The van der Waals surface area contributed by atoms with Crippen LogP contribution in [0.15, 0.2) is 46.9 Å². The van der Waals surface area contributed by atoms with E-state index in [1.807, 2.05) is 30.3 Å².